The number of aliphatic hydroxyl groups is 1. The van der Waals surface area contributed by atoms with Gasteiger partial charge >= 0.3 is 0 Å². The molecule has 2 aromatic carbocycles. The molecule has 0 fully saturated rings. The predicted octanol–water partition coefficient (Wildman–Crippen LogP) is 3.27. The Morgan fingerprint density at radius 2 is 1.85 bits per heavy atom. The molecular formula is C22H26N2O2. The molecule has 0 aromatic heterocycles. The van der Waals surface area contributed by atoms with E-state index in [0.29, 0.717) is 19.5 Å². The normalized spacial score (nSPS) is 17.6. The van der Waals surface area contributed by atoms with Gasteiger partial charge in [-0.15, -0.1) is 6.58 Å². The minimum atomic E-state index is -0.423. The Morgan fingerprint density at radius 1 is 1.15 bits per heavy atom. The molecule has 4 nitrogen and oxygen atoms in total. The van der Waals surface area contributed by atoms with Crippen LogP contribution < -0.4 is 0 Å². The quantitative estimate of drug-likeness (QED) is 0.706. The van der Waals surface area contributed by atoms with E-state index in [-0.39, 0.29) is 6.10 Å². The molecule has 26 heavy (non-hydrogen) atoms. The van der Waals surface area contributed by atoms with Crippen molar-refractivity contribution in [3.63, 3.8) is 0 Å². The fraction of sp³-hybridized carbons (Fsp3) is 0.318. The smallest absolute Gasteiger partial charge is 0.145 e. The van der Waals surface area contributed by atoms with Crippen LogP contribution in [0.4, 0.5) is 0 Å². The zero-order valence-corrected chi connectivity index (χ0v) is 15.0. The van der Waals surface area contributed by atoms with E-state index >= 15 is 0 Å². The van der Waals surface area contributed by atoms with Gasteiger partial charge in [0.05, 0.1) is 11.8 Å². The number of benzene rings is 2. The lowest BCUT2D eigenvalue weighted by molar-refractivity contribution is 0.0393. The molecule has 2 aromatic rings. The van der Waals surface area contributed by atoms with Gasteiger partial charge in [-0.05, 0) is 17.5 Å². The second-order valence-electron chi connectivity index (χ2n) is 6.69. The summed E-state index contributed by atoms with van der Waals surface area (Å²) >= 11 is 0. The van der Waals surface area contributed by atoms with Crippen molar-refractivity contribution in [2.75, 3.05) is 19.6 Å². The van der Waals surface area contributed by atoms with Gasteiger partial charge in [0.25, 0.3) is 0 Å². The first kappa shape index (κ1) is 18.4. The molecule has 0 spiro atoms. The van der Waals surface area contributed by atoms with Crippen LogP contribution in [0.3, 0.4) is 0 Å². The Bertz CT molecular complexity index is 715. The average molecular weight is 350 g/mol. The van der Waals surface area contributed by atoms with Crippen molar-refractivity contribution in [3.8, 4) is 0 Å². The lowest BCUT2D eigenvalue weighted by atomic mass is 10.0. The standard InChI is InChI=1S/C22H26N2O2/c1-2-13-24(16-20(25)14-18-9-5-3-6-10-18)17-21-15-22(23-26-21)19-11-7-4-8-12-19/h2-12,20-21,25H,1,13-17H2. The third-order valence-electron chi connectivity index (χ3n) is 4.47. The lowest BCUT2D eigenvalue weighted by Crippen LogP contribution is -2.39. The molecule has 2 atom stereocenters. The van der Waals surface area contributed by atoms with Gasteiger partial charge < -0.3 is 9.94 Å². The van der Waals surface area contributed by atoms with E-state index in [4.69, 9.17) is 4.84 Å². The Balaban J connectivity index is 1.52. The van der Waals surface area contributed by atoms with Crippen molar-refractivity contribution < 1.29 is 9.94 Å². The SMILES string of the molecule is C=CCN(CC(O)Cc1ccccc1)CC1CC(c2ccccc2)=NO1. The number of hydrogen-bond donors (Lipinski definition) is 1. The molecule has 1 heterocycles. The Labute approximate surface area is 155 Å². The zero-order chi connectivity index (χ0) is 18.2. The van der Waals surface area contributed by atoms with Crippen LogP contribution in [0.1, 0.15) is 17.5 Å². The largest absolute Gasteiger partial charge is 0.391 e. The number of rotatable bonds is 9. The molecule has 4 heteroatoms. The minimum absolute atomic E-state index is 0.00841. The molecule has 0 saturated heterocycles. The molecule has 0 saturated carbocycles. The first-order valence-electron chi connectivity index (χ1n) is 9.08. The maximum absolute atomic E-state index is 10.5. The molecular weight excluding hydrogens is 324 g/mol. The summed E-state index contributed by atoms with van der Waals surface area (Å²) in [4.78, 5) is 7.80. The van der Waals surface area contributed by atoms with Crippen molar-refractivity contribution in [1.29, 1.82) is 0 Å². The molecule has 0 amide bonds. The van der Waals surface area contributed by atoms with Crippen molar-refractivity contribution in [1.82, 2.24) is 4.90 Å². The van der Waals surface area contributed by atoms with E-state index in [0.717, 1.165) is 29.8 Å². The first-order chi connectivity index (χ1) is 12.7. The van der Waals surface area contributed by atoms with Crippen LogP contribution in [0.25, 0.3) is 0 Å². The number of hydrogen-bond acceptors (Lipinski definition) is 4. The monoisotopic (exact) mass is 350 g/mol. The number of aliphatic hydroxyl groups excluding tert-OH is 1. The molecule has 0 bridgehead atoms. The highest BCUT2D eigenvalue weighted by molar-refractivity contribution is 6.01. The Morgan fingerprint density at radius 3 is 2.54 bits per heavy atom. The van der Waals surface area contributed by atoms with Crippen LogP contribution in [0.5, 0.6) is 0 Å². The second-order valence-corrected chi connectivity index (χ2v) is 6.69. The van der Waals surface area contributed by atoms with Crippen LogP contribution in [0, 0.1) is 0 Å². The second kappa shape index (κ2) is 9.32. The Kier molecular flexibility index (Phi) is 6.58. The summed E-state index contributed by atoms with van der Waals surface area (Å²) in [6.07, 6.45) is 2.88. The van der Waals surface area contributed by atoms with Crippen molar-refractivity contribution in [3.05, 3.63) is 84.4 Å². The fourth-order valence-corrected chi connectivity index (χ4v) is 3.27. The highest BCUT2D eigenvalue weighted by Crippen LogP contribution is 2.18. The van der Waals surface area contributed by atoms with Crippen molar-refractivity contribution in [2.24, 2.45) is 5.16 Å². The van der Waals surface area contributed by atoms with Gasteiger partial charge in [-0.25, -0.2) is 0 Å². The van der Waals surface area contributed by atoms with Gasteiger partial charge in [0, 0.05) is 26.1 Å². The van der Waals surface area contributed by atoms with Gasteiger partial charge in [0.1, 0.15) is 6.10 Å². The summed E-state index contributed by atoms with van der Waals surface area (Å²) in [6.45, 7) is 5.86. The maximum atomic E-state index is 10.5. The summed E-state index contributed by atoms with van der Waals surface area (Å²) in [6, 6.07) is 20.2. The van der Waals surface area contributed by atoms with Gasteiger partial charge in [0.15, 0.2) is 0 Å². The molecule has 0 radical (unpaired) electrons. The summed E-state index contributed by atoms with van der Waals surface area (Å²) in [7, 11) is 0. The molecule has 1 aliphatic rings. The van der Waals surface area contributed by atoms with Gasteiger partial charge in [0.2, 0.25) is 0 Å². The first-order valence-corrected chi connectivity index (χ1v) is 9.08. The average Bonchev–Trinajstić information content (AvgIpc) is 3.12. The van der Waals surface area contributed by atoms with Crippen LogP contribution in [-0.2, 0) is 11.3 Å². The van der Waals surface area contributed by atoms with E-state index in [9.17, 15) is 5.11 Å². The molecule has 136 valence electrons. The summed E-state index contributed by atoms with van der Waals surface area (Å²) in [5.41, 5.74) is 3.23. The van der Waals surface area contributed by atoms with E-state index in [1.54, 1.807) is 0 Å². The predicted molar refractivity (Wildman–Crippen MR) is 105 cm³/mol. The van der Waals surface area contributed by atoms with Crippen molar-refractivity contribution in [2.45, 2.75) is 25.0 Å². The number of oxime groups is 1. The molecule has 1 N–H and O–H groups in total. The van der Waals surface area contributed by atoms with E-state index in [1.165, 1.54) is 0 Å². The summed E-state index contributed by atoms with van der Waals surface area (Å²) < 4.78 is 0. The minimum Gasteiger partial charge on any atom is -0.391 e. The highest BCUT2D eigenvalue weighted by Gasteiger charge is 2.25. The van der Waals surface area contributed by atoms with Gasteiger partial charge in [-0.2, -0.15) is 0 Å². The van der Waals surface area contributed by atoms with Crippen LogP contribution in [0.15, 0.2) is 78.5 Å². The summed E-state index contributed by atoms with van der Waals surface area (Å²) in [5.74, 6) is 0. The molecule has 0 aliphatic carbocycles. The third kappa shape index (κ3) is 5.28. The van der Waals surface area contributed by atoms with Crippen LogP contribution in [0.2, 0.25) is 0 Å². The van der Waals surface area contributed by atoms with Gasteiger partial charge in [-0.3, -0.25) is 4.90 Å². The van der Waals surface area contributed by atoms with E-state index in [1.807, 2.05) is 54.6 Å². The highest BCUT2D eigenvalue weighted by atomic mass is 16.6. The molecule has 3 rings (SSSR count). The van der Waals surface area contributed by atoms with E-state index in [2.05, 4.69) is 28.8 Å². The zero-order valence-electron chi connectivity index (χ0n) is 15.0. The van der Waals surface area contributed by atoms with Crippen LogP contribution in [-0.4, -0.2) is 47.6 Å². The molecule has 1 aliphatic heterocycles. The van der Waals surface area contributed by atoms with Crippen LogP contribution >= 0.6 is 0 Å². The topological polar surface area (TPSA) is 45.1 Å². The third-order valence-corrected chi connectivity index (χ3v) is 4.47. The molecule has 2 unspecified atom stereocenters. The maximum Gasteiger partial charge on any atom is 0.145 e. The van der Waals surface area contributed by atoms with Crippen molar-refractivity contribution >= 4 is 5.71 Å². The van der Waals surface area contributed by atoms with Gasteiger partial charge in [-0.1, -0.05) is 71.9 Å². The fourth-order valence-electron chi connectivity index (χ4n) is 3.27. The lowest BCUT2D eigenvalue weighted by Gasteiger charge is -2.25. The summed E-state index contributed by atoms with van der Waals surface area (Å²) in [5, 5.41) is 14.7. The Hall–Kier alpha value is -2.43. The van der Waals surface area contributed by atoms with E-state index < -0.39 is 6.10 Å². The number of nitrogens with zero attached hydrogens (tertiary/aromatic N) is 2.